The van der Waals surface area contributed by atoms with Gasteiger partial charge in [-0.2, -0.15) is 4.72 Å². The molecule has 1 aromatic rings. The van der Waals surface area contributed by atoms with Crippen molar-refractivity contribution in [2.24, 2.45) is 5.92 Å². The van der Waals surface area contributed by atoms with Crippen molar-refractivity contribution in [2.45, 2.75) is 50.7 Å². The van der Waals surface area contributed by atoms with Gasteiger partial charge in [0.25, 0.3) is 0 Å². The number of fused-ring (bicyclic) bond motifs is 1. The molecule has 1 atom stereocenters. The number of aliphatic carboxylic acids is 1. The summed E-state index contributed by atoms with van der Waals surface area (Å²) in [4.78, 5) is 11.2. The molecule has 7 heteroatoms. The first kappa shape index (κ1) is 16.8. The first-order valence-corrected chi connectivity index (χ1v) is 8.57. The summed E-state index contributed by atoms with van der Waals surface area (Å²) in [5, 5.41) is 9.13. The van der Waals surface area contributed by atoms with E-state index in [-0.39, 0.29) is 16.4 Å². The lowest BCUT2D eigenvalue weighted by molar-refractivity contribution is -0.140. The largest absolute Gasteiger partial charge is 0.487 e. The van der Waals surface area contributed by atoms with Crippen LogP contribution in [0.4, 0.5) is 0 Å². The Labute approximate surface area is 130 Å². The Morgan fingerprint density at radius 3 is 2.55 bits per heavy atom. The highest BCUT2D eigenvalue weighted by molar-refractivity contribution is 7.89. The van der Waals surface area contributed by atoms with E-state index in [4.69, 9.17) is 9.84 Å². The van der Waals surface area contributed by atoms with E-state index in [1.807, 2.05) is 13.8 Å². The van der Waals surface area contributed by atoms with E-state index in [0.29, 0.717) is 12.2 Å². The lowest BCUT2D eigenvalue weighted by Gasteiger charge is -2.18. The molecule has 1 aliphatic rings. The summed E-state index contributed by atoms with van der Waals surface area (Å²) in [7, 11) is -3.89. The SMILES string of the molecule is CC(C)[C@@H](NS(=O)(=O)c1ccc2c(c1)CC(C)(C)O2)C(=O)O. The number of carboxylic acids is 1. The van der Waals surface area contributed by atoms with Crippen LogP contribution >= 0.6 is 0 Å². The number of benzene rings is 1. The van der Waals surface area contributed by atoms with Crippen molar-refractivity contribution in [2.75, 3.05) is 0 Å². The molecular weight excluding hydrogens is 306 g/mol. The fraction of sp³-hybridized carbons (Fsp3) is 0.533. The highest BCUT2D eigenvalue weighted by Gasteiger charge is 2.32. The van der Waals surface area contributed by atoms with Gasteiger partial charge in [0.1, 0.15) is 17.4 Å². The number of hydrogen-bond acceptors (Lipinski definition) is 4. The highest BCUT2D eigenvalue weighted by Crippen LogP contribution is 2.36. The van der Waals surface area contributed by atoms with Gasteiger partial charge in [-0.3, -0.25) is 4.79 Å². The van der Waals surface area contributed by atoms with E-state index in [9.17, 15) is 13.2 Å². The van der Waals surface area contributed by atoms with Crippen LogP contribution in [0.3, 0.4) is 0 Å². The molecule has 0 bridgehead atoms. The van der Waals surface area contributed by atoms with Gasteiger partial charge in [-0.15, -0.1) is 0 Å². The Bertz CT molecular complexity index is 694. The van der Waals surface area contributed by atoms with Crippen LogP contribution in [0.1, 0.15) is 33.3 Å². The van der Waals surface area contributed by atoms with E-state index < -0.39 is 22.0 Å². The molecule has 0 unspecified atom stereocenters. The summed E-state index contributed by atoms with van der Waals surface area (Å²) >= 11 is 0. The van der Waals surface area contributed by atoms with E-state index in [1.54, 1.807) is 26.0 Å². The smallest absolute Gasteiger partial charge is 0.322 e. The predicted molar refractivity (Wildman–Crippen MR) is 81.4 cm³/mol. The molecule has 1 aromatic carbocycles. The van der Waals surface area contributed by atoms with Gasteiger partial charge in [-0.1, -0.05) is 13.8 Å². The second-order valence-corrected chi connectivity index (χ2v) is 8.20. The zero-order valence-electron chi connectivity index (χ0n) is 13.1. The van der Waals surface area contributed by atoms with Gasteiger partial charge in [-0.05, 0) is 43.5 Å². The summed E-state index contributed by atoms with van der Waals surface area (Å²) < 4.78 is 32.8. The van der Waals surface area contributed by atoms with Crippen molar-refractivity contribution >= 4 is 16.0 Å². The molecule has 0 saturated carbocycles. The molecule has 1 heterocycles. The second-order valence-electron chi connectivity index (χ2n) is 6.49. The average molecular weight is 327 g/mol. The molecule has 0 amide bonds. The molecule has 22 heavy (non-hydrogen) atoms. The van der Waals surface area contributed by atoms with Crippen LogP contribution < -0.4 is 9.46 Å². The number of hydrogen-bond donors (Lipinski definition) is 2. The fourth-order valence-electron chi connectivity index (χ4n) is 2.46. The molecule has 6 nitrogen and oxygen atoms in total. The van der Waals surface area contributed by atoms with Crippen molar-refractivity contribution in [3.8, 4) is 5.75 Å². The van der Waals surface area contributed by atoms with Gasteiger partial charge in [0, 0.05) is 6.42 Å². The lowest BCUT2D eigenvalue weighted by Crippen LogP contribution is -2.44. The van der Waals surface area contributed by atoms with Crippen molar-refractivity contribution < 1.29 is 23.1 Å². The van der Waals surface area contributed by atoms with Crippen LogP contribution in [-0.4, -0.2) is 31.1 Å². The highest BCUT2D eigenvalue weighted by atomic mass is 32.2. The van der Waals surface area contributed by atoms with Gasteiger partial charge in [0.15, 0.2) is 0 Å². The van der Waals surface area contributed by atoms with Crippen molar-refractivity contribution in [1.82, 2.24) is 4.72 Å². The maximum absolute atomic E-state index is 12.4. The Balaban J connectivity index is 2.30. The van der Waals surface area contributed by atoms with Crippen LogP contribution in [-0.2, 0) is 21.2 Å². The quantitative estimate of drug-likeness (QED) is 0.860. The number of ether oxygens (including phenoxy) is 1. The second kappa shape index (κ2) is 5.55. The van der Waals surface area contributed by atoms with Crippen molar-refractivity contribution in [3.63, 3.8) is 0 Å². The van der Waals surface area contributed by atoms with Crippen LogP contribution in [0, 0.1) is 5.92 Å². The van der Waals surface area contributed by atoms with Crippen molar-refractivity contribution in [3.05, 3.63) is 23.8 Å². The third kappa shape index (κ3) is 3.41. The van der Waals surface area contributed by atoms with Crippen LogP contribution in [0.15, 0.2) is 23.1 Å². The summed E-state index contributed by atoms with van der Waals surface area (Å²) in [5.74, 6) is -0.879. The molecule has 2 N–H and O–H groups in total. The molecule has 2 rings (SSSR count). The summed E-state index contributed by atoms with van der Waals surface area (Å²) in [6.07, 6.45) is 0.609. The molecule has 122 valence electrons. The summed E-state index contributed by atoms with van der Waals surface area (Å²) in [6, 6.07) is 3.43. The van der Waals surface area contributed by atoms with Crippen LogP contribution in [0.5, 0.6) is 5.75 Å². The maximum Gasteiger partial charge on any atom is 0.322 e. The minimum absolute atomic E-state index is 0.0550. The molecule has 1 aliphatic heterocycles. The topological polar surface area (TPSA) is 92.7 Å². The molecule has 0 aliphatic carbocycles. The zero-order chi connectivity index (χ0) is 16.7. The van der Waals surface area contributed by atoms with Gasteiger partial charge in [0.05, 0.1) is 4.90 Å². The molecule has 0 fully saturated rings. The molecule has 0 saturated heterocycles. The van der Waals surface area contributed by atoms with Crippen molar-refractivity contribution in [1.29, 1.82) is 0 Å². The first-order chi connectivity index (χ1) is 10.0. The van der Waals surface area contributed by atoms with Gasteiger partial charge in [-0.25, -0.2) is 8.42 Å². The number of rotatable bonds is 5. The minimum Gasteiger partial charge on any atom is -0.487 e. The van der Waals surface area contributed by atoms with Crippen LogP contribution in [0.2, 0.25) is 0 Å². The Morgan fingerprint density at radius 2 is 2.00 bits per heavy atom. The third-order valence-electron chi connectivity index (χ3n) is 3.56. The lowest BCUT2D eigenvalue weighted by atomic mass is 10.0. The molecular formula is C15H21NO5S. The van der Waals surface area contributed by atoms with E-state index in [2.05, 4.69) is 4.72 Å². The number of carbonyl (C=O) groups is 1. The molecule has 0 aromatic heterocycles. The minimum atomic E-state index is -3.89. The van der Waals surface area contributed by atoms with Gasteiger partial charge < -0.3 is 9.84 Å². The fourth-order valence-corrected chi connectivity index (χ4v) is 3.85. The number of carboxylic acid groups (broad SMARTS) is 1. The van der Waals surface area contributed by atoms with E-state index >= 15 is 0 Å². The Hall–Kier alpha value is -1.60. The molecule has 0 spiro atoms. The Kier molecular flexibility index (Phi) is 4.23. The third-order valence-corrected chi connectivity index (χ3v) is 5.00. The van der Waals surface area contributed by atoms with Crippen LogP contribution in [0.25, 0.3) is 0 Å². The number of nitrogens with one attached hydrogen (secondary N) is 1. The Morgan fingerprint density at radius 1 is 1.36 bits per heavy atom. The van der Waals surface area contributed by atoms with Gasteiger partial charge >= 0.3 is 5.97 Å². The summed E-state index contributed by atoms with van der Waals surface area (Å²) in [6.45, 7) is 7.16. The van der Waals surface area contributed by atoms with E-state index in [0.717, 1.165) is 5.56 Å². The molecule has 0 radical (unpaired) electrons. The van der Waals surface area contributed by atoms with Gasteiger partial charge in [0.2, 0.25) is 10.0 Å². The average Bonchev–Trinajstić information content (AvgIpc) is 2.67. The predicted octanol–water partition coefficient (Wildman–Crippen LogP) is 1.79. The normalized spacial score (nSPS) is 17.9. The summed E-state index contributed by atoms with van der Waals surface area (Å²) in [5.41, 5.74) is 0.448. The number of sulfonamides is 1. The zero-order valence-corrected chi connectivity index (χ0v) is 13.9. The monoisotopic (exact) mass is 327 g/mol. The maximum atomic E-state index is 12.4. The standard InChI is InChI=1S/C15H21NO5S/c1-9(2)13(14(17)18)16-22(19,20)11-5-6-12-10(7-11)8-15(3,4)21-12/h5-7,9,13,16H,8H2,1-4H3,(H,17,18)/t13-/m1/s1. The first-order valence-electron chi connectivity index (χ1n) is 7.09. The van der Waals surface area contributed by atoms with E-state index in [1.165, 1.54) is 6.07 Å².